The van der Waals surface area contributed by atoms with Gasteiger partial charge in [0.15, 0.2) is 5.13 Å². The second-order valence-electron chi connectivity index (χ2n) is 5.75. The van der Waals surface area contributed by atoms with E-state index in [4.69, 9.17) is 23.2 Å². The number of hydrogen-bond acceptors (Lipinski definition) is 5. The summed E-state index contributed by atoms with van der Waals surface area (Å²) in [4.78, 5) is 40.6. The molecule has 0 bridgehead atoms. The lowest BCUT2D eigenvalue weighted by molar-refractivity contribution is -0.138. The van der Waals surface area contributed by atoms with Crippen LogP contribution in [0.3, 0.4) is 0 Å². The van der Waals surface area contributed by atoms with Crippen LogP contribution in [0.1, 0.15) is 25.7 Å². The summed E-state index contributed by atoms with van der Waals surface area (Å²) in [6, 6.07) is 5.10. The van der Waals surface area contributed by atoms with Gasteiger partial charge in [0, 0.05) is 41.8 Å². The number of rotatable bonds is 6. The summed E-state index contributed by atoms with van der Waals surface area (Å²) in [5, 5.41) is 6.03. The van der Waals surface area contributed by atoms with Crippen molar-refractivity contribution in [2.24, 2.45) is 0 Å². The highest BCUT2D eigenvalue weighted by Gasteiger charge is 2.28. The molecule has 3 rings (SSSR count). The monoisotopic (exact) mass is 411 g/mol. The van der Waals surface area contributed by atoms with Crippen LogP contribution in [0.15, 0.2) is 23.6 Å². The van der Waals surface area contributed by atoms with E-state index in [9.17, 15) is 14.4 Å². The summed E-state index contributed by atoms with van der Waals surface area (Å²) in [5.74, 6) is -0.557. The first-order valence-electron chi connectivity index (χ1n) is 7.98. The second-order valence-corrected chi connectivity index (χ2v) is 7.45. The molecule has 1 aliphatic rings. The Labute approximate surface area is 164 Å². The summed E-state index contributed by atoms with van der Waals surface area (Å²) in [7, 11) is 0. The molecular weight excluding hydrogens is 397 g/mol. The zero-order valence-corrected chi connectivity index (χ0v) is 16.0. The number of thiazole rings is 1. The van der Waals surface area contributed by atoms with Gasteiger partial charge in [-0.2, -0.15) is 0 Å². The first-order chi connectivity index (χ1) is 12.4. The Morgan fingerprint density at radius 1 is 1.23 bits per heavy atom. The van der Waals surface area contributed by atoms with Crippen molar-refractivity contribution >= 4 is 57.4 Å². The Bertz CT molecular complexity index is 853. The lowest BCUT2D eigenvalue weighted by Gasteiger charge is -2.12. The van der Waals surface area contributed by atoms with Gasteiger partial charge in [-0.3, -0.25) is 19.3 Å². The van der Waals surface area contributed by atoms with Gasteiger partial charge in [0.2, 0.25) is 17.7 Å². The van der Waals surface area contributed by atoms with E-state index in [0.717, 1.165) is 0 Å². The molecule has 9 heteroatoms. The highest BCUT2D eigenvalue weighted by molar-refractivity contribution is 7.14. The summed E-state index contributed by atoms with van der Waals surface area (Å²) in [6.45, 7) is 0.270. The van der Waals surface area contributed by atoms with Crippen molar-refractivity contribution in [2.45, 2.75) is 25.7 Å². The van der Waals surface area contributed by atoms with Gasteiger partial charge in [-0.25, -0.2) is 4.98 Å². The van der Waals surface area contributed by atoms with Gasteiger partial charge >= 0.3 is 0 Å². The van der Waals surface area contributed by atoms with Crippen LogP contribution in [-0.2, 0) is 14.4 Å². The number of benzene rings is 1. The fourth-order valence-corrected chi connectivity index (χ4v) is 3.71. The fraction of sp³-hybridized carbons (Fsp3) is 0.294. The van der Waals surface area contributed by atoms with Gasteiger partial charge in [-0.1, -0.05) is 23.2 Å². The van der Waals surface area contributed by atoms with Gasteiger partial charge in [0.25, 0.3) is 0 Å². The summed E-state index contributed by atoms with van der Waals surface area (Å²) >= 11 is 13.4. The van der Waals surface area contributed by atoms with Crippen LogP contribution in [0.4, 0.5) is 5.13 Å². The molecule has 1 fully saturated rings. The molecule has 3 amide bonds. The predicted molar refractivity (Wildman–Crippen MR) is 101 cm³/mol. The third-order valence-corrected chi connectivity index (χ3v) is 5.22. The molecule has 1 aliphatic heterocycles. The van der Waals surface area contributed by atoms with E-state index in [1.807, 2.05) is 0 Å². The van der Waals surface area contributed by atoms with Crippen LogP contribution in [-0.4, -0.2) is 34.2 Å². The molecule has 6 nitrogen and oxygen atoms in total. The van der Waals surface area contributed by atoms with Crippen molar-refractivity contribution in [1.82, 2.24) is 9.88 Å². The average Bonchev–Trinajstić information content (AvgIpc) is 3.18. The molecule has 0 aliphatic carbocycles. The second kappa shape index (κ2) is 8.16. The van der Waals surface area contributed by atoms with Crippen molar-refractivity contribution in [2.75, 3.05) is 11.9 Å². The highest BCUT2D eigenvalue weighted by Crippen LogP contribution is 2.32. The first-order valence-corrected chi connectivity index (χ1v) is 9.61. The van der Waals surface area contributed by atoms with Gasteiger partial charge in [0.05, 0.1) is 10.7 Å². The summed E-state index contributed by atoms with van der Waals surface area (Å²) in [6.07, 6.45) is 1.14. The van der Waals surface area contributed by atoms with Crippen LogP contribution in [0.25, 0.3) is 11.3 Å². The normalized spacial score (nSPS) is 14.2. The lowest BCUT2D eigenvalue weighted by Crippen LogP contribution is -2.30. The maximum Gasteiger partial charge on any atom is 0.229 e. The van der Waals surface area contributed by atoms with Gasteiger partial charge in [0.1, 0.15) is 0 Å². The maximum absolute atomic E-state index is 12.0. The molecule has 0 atom stereocenters. The van der Waals surface area contributed by atoms with Crippen LogP contribution in [0.2, 0.25) is 10.0 Å². The number of imide groups is 1. The molecular formula is C17H15Cl2N3O3S. The molecule has 1 aromatic carbocycles. The minimum atomic E-state index is -0.220. The van der Waals surface area contributed by atoms with E-state index in [1.165, 1.54) is 16.2 Å². The predicted octanol–water partition coefficient (Wildman–Crippen LogP) is 3.98. The average molecular weight is 412 g/mol. The number of carbonyl (C=O) groups is 3. The molecule has 136 valence electrons. The molecule has 0 saturated carbocycles. The van der Waals surface area contributed by atoms with E-state index in [1.54, 1.807) is 23.6 Å². The smallest absolute Gasteiger partial charge is 0.229 e. The van der Waals surface area contributed by atoms with E-state index >= 15 is 0 Å². The summed E-state index contributed by atoms with van der Waals surface area (Å²) < 4.78 is 0. The van der Waals surface area contributed by atoms with Crippen LogP contribution in [0.5, 0.6) is 0 Å². The quantitative estimate of drug-likeness (QED) is 0.728. The van der Waals surface area contributed by atoms with E-state index in [2.05, 4.69) is 10.3 Å². The molecule has 2 aromatic rings. The van der Waals surface area contributed by atoms with E-state index in [0.29, 0.717) is 32.9 Å². The molecule has 1 saturated heterocycles. The van der Waals surface area contributed by atoms with E-state index in [-0.39, 0.29) is 43.5 Å². The fourth-order valence-electron chi connectivity index (χ4n) is 2.60. The Balaban J connectivity index is 1.54. The number of nitrogens with one attached hydrogen (secondary N) is 1. The number of carbonyl (C=O) groups excluding carboxylic acids is 3. The van der Waals surface area contributed by atoms with Crippen LogP contribution in [0, 0.1) is 0 Å². The maximum atomic E-state index is 12.0. The van der Waals surface area contributed by atoms with Crippen LogP contribution >= 0.6 is 34.5 Å². The number of likely N-dealkylation sites (tertiary alicyclic amines) is 1. The Morgan fingerprint density at radius 2 is 1.96 bits per heavy atom. The number of amides is 3. The Kier molecular flexibility index (Phi) is 5.90. The van der Waals surface area contributed by atoms with E-state index < -0.39 is 0 Å². The number of nitrogens with zero attached hydrogens (tertiary/aromatic N) is 2. The van der Waals surface area contributed by atoms with Crippen molar-refractivity contribution in [3.63, 3.8) is 0 Å². The number of hydrogen-bond donors (Lipinski definition) is 1. The third-order valence-electron chi connectivity index (χ3n) is 3.90. The summed E-state index contributed by atoms with van der Waals surface area (Å²) in [5.41, 5.74) is 1.33. The first kappa shape index (κ1) is 18.8. The minimum absolute atomic E-state index is 0.168. The molecule has 0 radical (unpaired) electrons. The largest absolute Gasteiger partial charge is 0.302 e. The molecule has 0 spiro atoms. The standard InChI is InChI=1S/C17H15Cl2N3O3S/c18-10-3-4-12(19)11(8-10)13-9-26-17(20-13)21-14(23)2-1-7-22-15(24)5-6-16(22)25/h3-4,8-9H,1-2,5-7H2,(H,20,21,23). The van der Waals surface area contributed by atoms with Crippen molar-refractivity contribution in [3.05, 3.63) is 33.6 Å². The molecule has 1 N–H and O–H groups in total. The van der Waals surface area contributed by atoms with Gasteiger partial charge < -0.3 is 5.32 Å². The number of aromatic nitrogens is 1. The minimum Gasteiger partial charge on any atom is -0.302 e. The van der Waals surface area contributed by atoms with Gasteiger partial charge in [-0.15, -0.1) is 11.3 Å². The molecule has 2 heterocycles. The lowest BCUT2D eigenvalue weighted by atomic mass is 10.2. The zero-order chi connectivity index (χ0) is 18.7. The Morgan fingerprint density at radius 3 is 2.69 bits per heavy atom. The SMILES string of the molecule is O=C(CCCN1C(=O)CCC1=O)Nc1nc(-c2cc(Cl)ccc2Cl)cs1. The topological polar surface area (TPSA) is 79.4 Å². The molecule has 1 aromatic heterocycles. The van der Waals surface area contributed by atoms with Crippen molar-refractivity contribution < 1.29 is 14.4 Å². The number of anilines is 1. The van der Waals surface area contributed by atoms with Crippen LogP contribution < -0.4 is 5.32 Å². The molecule has 26 heavy (non-hydrogen) atoms. The van der Waals surface area contributed by atoms with Gasteiger partial charge in [-0.05, 0) is 24.6 Å². The highest BCUT2D eigenvalue weighted by atomic mass is 35.5. The zero-order valence-electron chi connectivity index (χ0n) is 13.6. The van der Waals surface area contributed by atoms with Crippen molar-refractivity contribution in [1.29, 1.82) is 0 Å². The van der Waals surface area contributed by atoms with Crippen molar-refractivity contribution in [3.8, 4) is 11.3 Å². The Hall–Kier alpha value is -1.96. The molecule has 0 unspecified atom stereocenters. The third kappa shape index (κ3) is 4.41. The number of halogens is 2.